The van der Waals surface area contributed by atoms with Gasteiger partial charge in [0.2, 0.25) is 0 Å². The molecule has 16 heavy (non-hydrogen) atoms. The molecule has 0 unspecified atom stereocenters. The number of hydrogen-bond acceptors (Lipinski definition) is 4. The molecule has 4 nitrogen and oxygen atoms in total. The smallest absolute Gasteiger partial charge is 0.404 e. The highest BCUT2D eigenvalue weighted by atomic mass is 32.2. The van der Waals surface area contributed by atoms with Crippen LogP contribution in [0.3, 0.4) is 0 Å². The van der Waals surface area contributed by atoms with E-state index in [0.29, 0.717) is 6.54 Å². The SMILES string of the molecule is CSC1=NCCc2sc(CNC(=O)O)cc21. The third kappa shape index (κ3) is 2.38. The van der Waals surface area contributed by atoms with Gasteiger partial charge in [-0.2, -0.15) is 0 Å². The summed E-state index contributed by atoms with van der Waals surface area (Å²) < 4.78 is 0. The third-order valence-electron chi connectivity index (χ3n) is 2.29. The number of rotatable bonds is 2. The highest BCUT2D eigenvalue weighted by Crippen LogP contribution is 2.29. The van der Waals surface area contributed by atoms with E-state index in [1.54, 1.807) is 23.1 Å². The lowest BCUT2D eigenvalue weighted by Crippen LogP contribution is -2.19. The van der Waals surface area contributed by atoms with Crippen LogP contribution in [0.15, 0.2) is 11.1 Å². The minimum absolute atomic E-state index is 0.384. The van der Waals surface area contributed by atoms with Crippen molar-refractivity contribution in [3.05, 3.63) is 21.4 Å². The lowest BCUT2D eigenvalue weighted by atomic mass is 10.2. The van der Waals surface area contributed by atoms with E-state index in [4.69, 9.17) is 5.11 Å². The minimum Gasteiger partial charge on any atom is -0.465 e. The van der Waals surface area contributed by atoms with Gasteiger partial charge in [0, 0.05) is 28.3 Å². The quantitative estimate of drug-likeness (QED) is 0.852. The van der Waals surface area contributed by atoms with Crippen LogP contribution >= 0.6 is 23.1 Å². The van der Waals surface area contributed by atoms with Gasteiger partial charge in [0.1, 0.15) is 0 Å². The maximum Gasteiger partial charge on any atom is 0.404 e. The van der Waals surface area contributed by atoms with E-state index in [9.17, 15) is 4.79 Å². The summed E-state index contributed by atoms with van der Waals surface area (Å²) in [6.45, 7) is 1.23. The molecule has 6 heteroatoms. The molecule has 0 aliphatic carbocycles. The van der Waals surface area contributed by atoms with Crippen molar-refractivity contribution in [2.24, 2.45) is 4.99 Å². The van der Waals surface area contributed by atoms with Gasteiger partial charge in [-0.05, 0) is 12.3 Å². The molecule has 1 aliphatic heterocycles. The number of amides is 1. The Balaban J connectivity index is 2.17. The van der Waals surface area contributed by atoms with E-state index >= 15 is 0 Å². The molecule has 0 bridgehead atoms. The Hall–Kier alpha value is -1.01. The van der Waals surface area contributed by atoms with Crippen molar-refractivity contribution >= 4 is 34.2 Å². The van der Waals surface area contributed by atoms with E-state index in [1.165, 1.54) is 10.4 Å². The van der Waals surface area contributed by atoms with E-state index in [-0.39, 0.29) is 0 Å². The number of carboxylic acid groups (broad SMARTS) is 1. The average Bonchev–Trinajstić information content (AvgIpc) is 2.68. The molecular formula is C10H12N2O2S2. The number of fused-ring (bicyclic) bond motifs is 1. The third-order valence-corrected chi connectivity index (χ3v) is 4.22. The van der Waals surface area contributed by atoms with Crippen LogP contribution in [-0.4, -0.2) is 29.0 Å². The topological polar surface area (TPSA) is 61.7 Å². The van der Waals surface area contributed by atoms with Crippen LogP contribution in [0.5, 0.6) is 0 Å². The van der Waals surface area contributed by atoms with Gasteiger partial charge >= 0.3 is 6.09 Å². The second-order valence-corrected chi connectivity index (χ2v) is 5.37. The first-order chi connectivity index (χ1) is 7.70. The fourth-order valence-corrected chi connectivity index (χ4v) is 3.40. The lowest BCUT2D eigenvalue weighted by molar-refractivity contribution is 0.194. The minimum atomic E-state index is -0.981. The fourth-order valence-electron chi connectivity index (χ4n) is 1.62. The maximum atomic E-state index is 10.4. The van der Waals surface area contributed by atoms with Gasteiger partial charge in [0.15, 0.2) is 0 Å². The fraction of sp³-hybridized carbons (Fsp3) is 0.400. The molecule has 1 aromatic rings. The van der Waals surface area contributed by atoms with Gasteiger partial charge in [-0.3, -0.25) is 4.99 Å². The molecule has 2 heterocycles. The second kappa shape index (κ2) is 4.88. The molecule has 0 saturated heterocycles. The summed E-state index contributed by atoms with van der Waals surface area (Å²) in [7, 11) is 0. The van der Waals surface area contributed by atoms with Crippen LogP contribution in [0.1, 0.15) is 15.3 Å². The number of hydrogen-bond donors (Lipinski definition) is 2. The monoisotopic (exact) mass is 256 g/mol. The van der Waals surface area contributed by atoms with Crippen LogP contribution in [-0.2, 0) is 13.0 Å². The zero-order valence-corrected chi connectivity index (χ0v) is 10.5. The molecule has 0 aromatic carbocycles. The van der Waals surface area contributed by atoms with Crippen molar-refractivity contribution in [3.63, 3.8) is 0 Å². The van der Waals surface area contributed by atoms with Crippen molar-refractivity contribution in [2.75, 3.05) is 12.8 Å². The Kier molecular flexibility index (Phi) is 3.50. The number of carbonyl (C=O) groups is 1. The molecule has 1 aliphatic rings. The first kappa shape index (κ1) is 11.5. The molecule has 1 amide bonds. The van der Waals surface area contributed by atoms with Crippen LogP contribution in [0.25, 0.3) is 0 Å². The maximum absolute atomic E-state index is 10.4. The summed E-state index contributed by atoms with van der Waals surface area (Å²) in [4.78, 5) is 17.2. The normalized spacial score (nSPS) is 14.2. The zero-order chi connectivity index (χ0) is 11.5. The van der Waals surface area contributed by atoms with Gasteiger partial charge in [0.05, 0.1) is 11.6 Å². The van der Waals surface area contributed by atoms with E-state index < -0.39 is 6.09 Å². The second-order valence-electron chi connectivity index (χ2n) is 3.35. The lowest BCUT2D eigenvalue weighted by Gasteiger charge is -2.09. The van der Waals surface area contributed by atoms with Crippen molar-refractivity contribution in [1.82, 2.24) is 5.32 Å². The van der Waals surface area contributed by atoms with E-state index in [0.717, 1.165) is 22.9 Å². The highest BCUT2D eigenvalue weighted by Gasteiger charge is 2.17. The first-order valence-corrected chi connectivity index (χ1v) is 6.92. The number of thiophene rings is 1. The summed E-state index contributed by atoms with van der Waals surface area (Å²) in [5.74, 6) is 0. The summed E-state index contributed by atoms with van der Waals surface area (Å²) >= 11 is 3.32. The number of nitrogens with one attached hydrogen (secondary N) is 1. The van der Waals surface area contributed by atoms with Crippen LogP contribution in [0, 0.1) is 0 Å². The van der Waals surface area contributed by atoms with Crippen molar-refractivity contribution in [3.8, 4) is 0 Å². The zero-order valence-electron chi connectivity index (χ0n) is 8.82. The highest BCUT2D eigenvalue weighted by molar-refractivity contribution is 8.13. The molecule has 86 valence electrons. The molecule has 2 N–H and O–H groups in total. The molecule has 2 rings (SSSR count). The summed E-state index contributed by atoms with van der Waals surface area (Å²) in [5, 5.41) is 12.0. The first-order valence-electron chi connectivity index (χ1n) is 4.88. The van der Waals surface area contributed by atoms with Gasteiger partial charge in [-0.1, -0.05) is 0 Å². The summed E-state index contributed by atoms with van der Waals surface area (Å²) in [6.07, 6.45) is 2.00. The summed E-state index contributed by atoms with van der Waals surface area (Å²) in [5.41, 5.74) is 1.19. The predicted octanol–water partition coefficient (Wildman–Crippen LogP) is 2.18. The number of thioether (sulfide) groups is 1. The largest absolute Gasteiger partial charge is 0.465 e. The Morgan fingerprint density at radius 1 is 1.75 bits per heavy atom. The molecule has 0 fully saturated rings. The van der Waals surface area contributed by atoms with Gasteiger partial charge in [-0.25, -0.2) is 4.79 Å². The van der Waals surface area contributed by atoms with Gasteiger partial charge in [-0.15, -0.1) is 23.1 Å². The van der Waals surface area contributed by atoms with Crippen molar-refractivity contribution in [1.29, 1.82) is 0 Å². The standard InChI is InChI=1S/C10H12N2O2S2/c1-15-9-7-4-6(5-12-10(13)14)16-8(7)2-3-11-9/h4,12H,2-3,5H2,1H3,(H,13,14). The number of nitrogens with zero attached hydrogens (tertiary/aromatic N) is 1. The van der Waals surface area contributed by atoms with E-state index in [1.807, 2.05) is 12.3 Å². The Morgan fingerprint density at radius 3 is 3.25 bits per heavy atom. The molecule has 0 radical (unpaired) electrons. The summed E-state index contributed by atoms with van der Waals surface area (Å²) in [6, 6.07) is 2.05. The molecule has 0 saturated carbocycles. The Labute approximate surface area is 102 Å². The van der Waals surface area contributed by atoms with Crippen molar-refractivity contribution in [2.45, 2.75) is 13.0 Å². The van der Waals surface area contributed by atoms with Gasteiger partial charge in [0.25, 0.3) is 0 Å². The average molecular weight is 256 g/mol. The van der Waals surface area contributed by atoms with E-state index in [2.05, 4.69) is 10.3 Å². The molecule has 0 spiro atoms. The number of aliphatic imine (C=N–C) groups is 1. The van der Waals surface area contributed by atoms with Crippen molar-refractivity contribution < 1.29 is 9.90 Å². The van der Waals surface area contributed by atoms with Crippen LogP contribution < -0.4 is 5.32 Å². The Morgan fingerprint density at radius 2 is 2.56 bits per heavy atom. The van der Waals surface area contributed by atoms with Crippen LogP contribution in [0.2, 0.25) is 0 Å². The van der Waals surface area contributed by atoms with Gasteiger partial charge < -0.3 is 10.4 Å². The molecular weight excluding hydrogens is 244 g/mol. The molecule has 1 aromatic heterocycles. The Bertz CT molecular complexity index is 440. The molecule has 0 atom stereocenters. The predicted molar refractivity (Wildman–Crippen MR) is 67.8 cm³/mol. The van der Waals surface area contributed by atoms with Crippen LogP contribution in [0.4, 0.5) is 4.79 Å².